The van der Waals surface area contributed by atoms with E-state index in [4.69, 9.17) is 0 Å². The van der Waals surface area contributed by atoms with Crippen LogP contribution >= 0.6 is 0 Å². The molecule has 2 aromatic carbocycles. The zero-order valence-corrected chi connectivity index (χ0v) is 14.1. The normalized spacial score (nSPS) is 23.2. The Hall–Kier alpha value is -2.68. The molecule has 0 radical (unpaired) electrons. The molecular weight excluding hydrogens is 296 g/mol. The fraction of sp³-hybridized carbons (Fsp3) is 0.238. The van der Waals surface area contributed by atoms with Gasteiger partial charge in [-0.05, 0) is 30.5 Å². The van der Waals surface area contributed by atoms with Crippen molar-refractivity contribution in [2.75, 3.05) is 0 Å². The van der Waals surface area contributed by atoms with Crippen molar-refractivity contribution in [3.8, 4) is 0 Å². The van der Waals surface area contributed by atoms with E-state index in [1.54, 1.807) is 0 Å². The predicted octanol–water partition coefficient (Wildman–Crippen LogP) is 4.17. The van der Waals surface area contributed by atoms with E-state index < -0.39 is 0 Å². The van der Waals surface area contributed by atoms with Gasteiger partial charge in [0.05, 0.1) is 11.6 Å². The molecule has 1 N–H and O–H groups in total. The molecule has 1 aliphatic carbocycles. The van der Waals surface area contributed by atoms with Gasteiger partial charge < -0.3 is 0 Å². The van der Waals surface area contributed by atoms with Gasteiger partial charge in [-0.15, -0.1) is 0 Å². The summed E-state index contributed by atoms with van der Waals surface area (Å²) in [4.78, 5) is 12.3. The summed E-state index contributed by atoms with van der Waals surface area (Å²) in [6, 6.07) is 20.2. The summed E-state index contributed by atoms with van der Waals surface area (Å²) in [5.41, 5.74) is 5.74. The SMILES string of the molecule is CC(/C=C/c1ccccc1)=NNC(=O)C1CC1(C)c1ccccc1. The molecule has 0 saturated heterocycles. The highest BCUT2D eigenvalue weighted by molar-refractivity contribution is 5.97. The van der Waals surface area contributed by atoms with Gasteiger partial charge in [0.1, 0.15) is 0 Å². The third kappa shape index (κ3) is 3.62. The van der Waals surface area contributed by atoms with E-state index in [0.717, 1.165) is 17.7 Å². The van der Waals surface area contributed by atoms with E-state index in [0.29, 0.717) is 0 Å². The summed E-state index contributed by atoms with van der Waals surface area (Å²) >= 11 is 0. The van der Waals surface area contributed by atoms with Crippen molar-refractivity contribution < 1.29 is 4.79 Å². The lowest BCUT2D eigenvalue weighted by molar-refractivity contribution is -0.122. The Balaban J connectivity index is 1.57. The minimum atomic E-state index is -0.0609. The van der Waals surface area contributed by atoms with Crippen LogP contribution in [0.25, 0.3) is 6.08 Å². The highest BCUT2D eigenvalue weighted by Gasteiger charge is 2.55. The van der Waals surface area contributed by atoms with E-state index >= 15 is 0 Å². The van der Waals surface area contributed by atoms with Crippen LogP contribution in [0.5, 0.6) is 0 Å². The zero-order chi connectivity index (χ0) is 17.0. The number of rotatable bonds is 5. The molecule has 0 bridgehead atoms. The number of carbonyl (C=O) groups is 1. The Morgan fingerprint density at radius 2 is 1.75 bits per heavy atom. The number of hydrogen-bond acceptors (Lipinski definition) is 2. The molecule has 0 heterocycles. The molecule has 1 amide bonds. The van der Waals surface area contributed by atoms with Crippen LogP contribution in [0.2, 0.25) is 0 Å². The lowest BCUT2D eigenvalue weighted by Crippen LogP contribution is -2.24. The average molecular weight is 318 g/mol. The largest absolute Gasteiger partial charge is 0.273 e. The summed E-state index contributed by atoms with van der Waals surface area (Å²) in [6.07, 6.45) is 4.76. The molecule has 24 heavy (non-hydrogen) atoms. The first-order valence-corrected chi connectivity index (χ1v) is 8.22. The molecule has 122 valence electrons. The second kappa shape index (κ2) is 6.83. The fourth-order valence-electron chi connectivity index (χ4n) is 2.92. The molecule has 1 saturated carbocycles. The van der Waals surface area contributed by atoms with Gasteiger partial charge in [-0.1, -0.05) is 73.7 Å². The average Bonchev–Trinajstić information content (AvgIpc) is 3.33. The summed E-state index contributed by atoms with van der Waals surface area (Å²) in [6.45, 7) is 4.02. The van der Waals surface area contributed by atoms with Gasteiger partial charge in [-0.3, -0.25) is 4.79 Å². The molecule has 3 heteroatoms. The smallest absolute Gasteiger partial charge is 0.244 e. The van der Waals surface area contributed by atoms with Gasteiger partial charge in [0.2, 0.25) is 5.91 Å². The Morgan fingerprint density at radius 3 is 2.42 bits per heavy atom. The topological polar surface area (TPSA) is 41.5 Å². The zero-order valence-electron chi connectivity index (χ0n) is 14.1. The van der Waals surface area contributed by atoms with Crippen LogP contribution in [0, 0.1) is 5.92 Å². The van der Waals surface area contributed by atoms with Crippen LogP contribution in [0.15, 0.2) is 71.8 Å². The summed E-state index contributed by atoms with van der Waals surface area (Å²) in [5.74, 6) is -0.0108. The van der Waals surface area contributed by atoms with Crippen LogP contribution in [-0.4, -0.2) is 11.6 Å². The molecular formula is C21H22N2O. The Bertz CT molecular complexity index is 765. The molecule has 0 aliphatic heterocycles. The standard InChI is InChI=1S/C21H22N2O/c1-16(13-14-17-9-5-3-6-10-17)22-23-20(24)19-15-21(19,2)18-11-7-4-8-12-18/h3-14,19H,15H2,1-2H3,(H,23,24)/b14-13+,22-16?. The molecule has 1 fully saturated rings. The number of carbonyl (C=O) groups excluding carboxylic acids is 1. The molecule has 3 rings (SSSR count). The van der Waals surface area contributed by atoms with E-state index in [9.17, 15) is 4.79 Å². The van der Waals surface area contributed by atoms with E-state index in [2.05, 4.69) is 29.6 Å². The Morgan fingerprint density at radius 1 is 1.12 bits per heavy atom. The molecule has 1 aliphatic rings. The van der Waals surface area contributed by atoms with Crippen molar-refractivity contribution in [2.45, 2.75) is 25.7 Å². The maximum absolute atomic E-state index is 12.3. The molecule has 3 nitrogen and oxygen atoms in total. The Kier molecular flexibility index (Phi) is 4.61. The highest BCUT2D eigenvalue weighted by Crippen LogP contribution is 2.53. The van der Waals surface area contributed by atoms with Gasteiger partial charge in [0.15, 0.2) is 0 Å². The van der Waals surface area contributed by atoms with Gasteiger partial charge in [0, 0.05) is 5.41 Å². The van der Waals surface area contributed by atoms with Crippen LogP contribution in [0.1, 0.15) is 31.4 Å². The number of allylic oxidation sites excluding steroid dienone is 1. The number of hydrogen-bond donors (Lipinski definition) is 1. The second-order valence-electron chi connectivity index (χ2n) is 6.51. The van der Waals surface area contributed by atoms with Crippen molar-refractivity contribution in [3.63, 3.8) is 0 Å². The van der Waals surface area contributed by atoms with Crippen molar-refractivity contribution >= 4 is 17.7 Å². The molecule has 2 unspecified atom stereocenters. The van der Waals surface area contributed by atoms with E-state index in [-0.39, 0.29) is 17.2 Å². The number of hydrazone groups is 1. The maximum atomic E-state index is 12.3. The lowest BCUT2D eigenvalue weighted by atomic mass is 9.95. The number of nitrogens with zero attached hydrogens (tertiary/aromatic N) is 1. The van der Waals surface area contributed by atoms with Crippen molar-refractivity contribution in [1.29, 1.82) is 0 Å². The molecule has 2 aromatic rings. The van der Waals surface area contributed by atoms with Crippen molar-refractivity contribution in [1.82, 2.24) is 5.43 Å². The van der Waals surface area contributed by atoms with Gasteiger partial charge in [-0.2, -0.15) is 5.10 Å². The summed E-state index contributed by atoms with van der Waals surface area (Å²) in [5, 5.41) is 4.19. The number of amides is 1. The first-order chi connectivity index (χ1) is 11.6. The predicted molar refractivity (Wildman–Crippen MR) is 98.6 cm³/mol. The maximum Gasteiger partial charge on any atom is 0.244 e. The molecule has 0 aromatic heterocycles. The third-order valence-electron chi connectivity index (χ3n) is 4.65. The number of benzene rings is 2. The lowest BCUT2D eigenvalue weighted by Gasteiger charge is -2.10. The van der Waals surface area contributed by atoms with E-state index in [1.807, 2.05) is 67.6 Å². The highest BCUT2D eigenvalue weighted by atomic mass is 16.2. The monoisotopic (exact) mass is 318 g/mol. The third-order valence-corrected chi connectivity index (χ3v) is 4.65. The molecule has 0 spiro atoms. The van der Waals surface area contributed by atoms with Gasteiger partial charge in [-0.25, -0.2) is 5.43 Å². The van der Waals surface area contributed by atoms with Gasteiger partial charge in [0.25, 0.3) is 0 Å². The minimum Gasteiger partial charge on any atom is -0.273 e. The first kappa shape index (κ1) is 16.2. The summed E-state index contributed by atoms with van der Waals surface area (Å²) in [7, 11) is 0. The summed E-state index contributed by atoms with van der Waals surface area (Å²) < 4.78 is 0. The van der Waals surface area contributed by atoms with E-state index in [1.165, 1.54) is 5.56 Å². The second-order valence-corrected chi connectivity index (χ2v) is 6.51. The van der Waals surface area contributed by atoms with Gasteiger partial charge >= 0.3 is 0 Å². The Labute approximate surface area is 143 Å². The van der Waals surface area contributed by atoms with Crippen LogP contribution < -0.4 is 5.43 Å². The molecule has 2 atom stereocenters. The van der Waals surface area contributed by atoms with Crippen molar-refractivity contribution in [2.24, 2.45) is 11.0 Å². The fourth-order valence-corrected chi connectivity index (χ4v) is 2.92. The number of nitrogens with one attached hydrogen (secondary N) is 1. The van der Waals surface area contributed by atoms with Crippen LogP contribution in [-0.2, 0) is 10.2 Å². The van der Waals surface area contributed by atoms with Crippen molar-refractivity contribution in [3.05, 3.63) is 77.9 Å². The van der Waals surface area contributed by atoms with Crippen LogP contribution in [0.3, 0.4) is 0 Å². The quantitative estimate of drug-likeness (QED) is 0.652. The minimum absolute atomic E-state index is 0.00504. The van der Waals surface area contributed by atoms with Crippen LogP contribution in [0.4, 0.5) is 0 Å². The first-order valence-electron chi connectivity index (χ1n) is 8.22.